The molecule has 0 amide bonds. The van der Waals surface area contributed by atoms with Crippen LogP contribution in [0.5, 0.6) is 0 Å². The molecule has 0 saturated carbocycles. The molecule has 0 aromatic heterocycles. The van der Waals surface area contributed by atoms with Gasteiger partial charge >= 0.3 is 0 Å². The molecular weight excluding hydrogens is 376 g/mol. The summed E-state index contributed by atoms with van der Waals surface area (Å²) in [6.07, 6.45) is -1.99. The zero-order valence-corrected chi connectivity index (χ0v) is 17.3. The van der Waals surface area contributed by atoms with Crippen LogP contribution in [0.3, 0.4) is 0 Å². The van der Waals surface area contributed by atoms with Crippen molar-refractivity contribution < 1.29 is 33.4 Å². The third-order valence-electron chi connectivity index (χ3n) is 4.80. The minimum Gasteiger partial charge on any atom is -0.369 e. The van der Waals surface area contributed by atoms with E-state index in [1.807, 2.05) is 0 Å². The summed E-state index contributed by atoms with van der Waals surface area (Å²) in [5, 5.41) is 0. The van der Waals surface area contributed by atoms with Gasteiger partial charge in [0.15, 0.2) is 0 Å². The van der Waals surface area contributed by atoms with Gasteiger partial charge in [0.1, 0.15) is 12.2 Å². The van der Waals surface area contributed by atoms with Gasteiger partial charge in [0.05, 0.1) is 13.2 Å². The maximum atomic E-state index is 13.2. The SMILES string of the molecule is C=C(C)C(=O)C(OC(C(=O)C(=C)C)(C(=O)C(=C)C)C1CO1)(C(=O)C(=C)C)C1CO1. The third-order valence-corrected chi connectivity index (χ3v) is 4.80. The molecule has 2 aliphatic heterocycles. The number of rotatable bonds is 12. The van der Waals surface area contributed by atoms with Gasteiger partial charge in [-0.2, -0.15) is 0 Å². The zero-order valence-electron chi connectivity index (χ0n) is 17.3. The lowest BCUT2D eigenvalue weighted by atomic mass is 9.78. The lowest BCUT2D eigenvalue weighted by Gasteiger charge is -2.39. The second-order valence-corrected chi connectivity index (χ2v) is 7.66. The fourth-order valence-corrected chi connectivity index (χ4v) is 3.20. The van der Waals surface area contributed by atoms with Crippen molar-refractivity contribution in [1.82, 2.24) is 0 Å². The van der Waals surface area contributed by atoms with E-state index in [1.165, 1.54) is 27.7 Å². The Hall–Kier alpha value is -2.48. The van der Waals surface area contributed by atoms with Crippen LogP contribution in [0.25, 0.3) is 0 Å². The van der Waals surface area contributed by atoms with Crippen LogP contribution < -0.4 is 0 Å². The number of carbonyl (C=O) groups excluding carboxylic acids is 4. The Morgan fingerprint density at radius 1 is 0.655 bits per heavy atom. The standard InChI is InChI=1S/C22H26O7/c1-11(2)17(23)21(15-9-27-15,18(24)12(3)4)29-22(16-10-28-16,19(25)13(5)6)20(26)14(7)8/h15-16H,1,3,5,7,9-10H2,2,4,6,8H3. The van der Waals surface area contributed by atoms with E-state index in [4.69, 9.17) is 14.2 Å². The summed E-state index contributed by atoms with van der Waals surface area (Å²) in [5.41, 5.74) is -4.56. The van der Waals surface area contributed by atoms with Crippen molar-refractivity contribution in [2.45, 2.75) is 51.1 Å². The van der Waals surface area contributed by atoms with Crippen molar-refractivity contribution in [1.29, 1.82) is 0 Å². The fraction of sp³-hybridized carbons (Fsp3) is 0.455. The van der Waals surface area contributed by atoms with E-state index in [0.717, 1.165) is 0 Å². The van der Waals surface area contributed by atoms with Crippen LogP contribution in [0, 0.1) is 0 Å². The first-order chi connectivity index (χ1) is 13.3. The Kier molecular flexibility index (Phi) is 6.09. The van der Waals surface area contributed by atoms with Crippen LogP contribution in [0.1, 0.15) is 27.7 Å². The highest BCUT2D eigenvalue weighted by Gasteiger charge is 2.69. The second-order valence-electron chi connectivity index (χ2n) is 7.66. The first-order valence-electron chi connectivity index (χ1n) is 9.08. The summed E-state index contributed by atoms with van der Waals surface area (Å²) in [6, 6.07) is 0. The van der Waals surface area contributed by atoms with Gasteiger partial charge in [0, 0.05) is 0 Å². The van der Waals surface area contributed by atoms with Crippen molar-refractivity contribution >= 4 is 23.1 Å². The molecule has 7 nitrogen and oxygen atoms in total. The second kappa shape index (κ2) is 7.74. The lowest BCUT2D eigenvalue weighted by Crippen LogP contribution is -2.66. The van der Waals surface area contributed by atoms with Gasteiger partial charge in [0.2, 0.25) is 34.3 Å². The van der Waals surface area contributed by atoms with Crippen molar-refractivity contribution in [3.05, 3.63) is 48.6 Å². The molecule has 7 heteroatoms. The van der Waals surface area contributed by atoms with Crippen molar-refractivity contribution in [2.75, 3.05) is 13.2 Å². The van der Waals surface area contributed by atoms with E-state index in [-0.39, 0.29) is 35.5 Å². The topological polar surface area (TPSA) is 103 Å². The smallest absolute Gasteiger partial charge is 0.222 e. The number of ketones is 4. The molecule has 0 N–H and O–H groups in total. The van der Waals surface area contributed by atoms with E-state index in [2.05, 4.69) is 26.3 Å². The summed E-state index contributed by atoms with van der Waals surface area (Å²) in [7, 11) is 0. The average molecular weight is 402 g/mol. The lowest BCUT2D eigenvalue weighted by molar-refractivity contribution is -0.189. The molecule has 2 unspecified atom stereocenters. The molecule has 29 heavy (non-hydrogen) atoms. The zero-order chi connectivity index (χ0) is 22.3. The number of Topliss-reactive ketones (excluding diaryl/α,β-unsaturated/α-hetero) is 4. The first-order valence-corrected chi connectivity index (χ1v) is 9.08. The maximum Gasteiger partial charge on any atom is 0.222 e. The first kappa shape index (κ1) is 22.8. The minimum atomic E-state index is -2.29. The molecular formula is C22H26O7. The van der Waals surface area contributed by atoms with Crippen LogP contribution in [0.15, 0.2) is 48.6 Å². The largest absolute Gasteiger partial charge is 0.369 e. The molecule has 156 valence electrons. The average Bonchev–Trinajstić information content (AvgIpc) is 3.52. The Labute approximate surface area is 170 Å². The number of hydrogen-bond donors (Lipinski definition) is 0. The Morgan fingerprint density at radius 2 is 0.862 bits per heavy atom. The van der Waals surface area contributed by atoms with E-state index in [1.54, 1.807) is 0 Å². The molecule has 2 aliphatic rings. The predicted octanol–water partition coefficient (Wildman–Crippen LogP) is 1.86. The third kappa shape index (κ3) is 3.73. The van der Waals surface area contributed by atoms with Gasteiger partial charge in [-0.05, 0) is 50.0 Å². The van der Waals surface area contributed by atoms with Crippen LogP contribution >= 0.6 is 0 Å². The normalized spacial score (nSPS) is 20.4. The van der Waals surface area contributed by atoms with Crippen LogP contribution in [-0.4, -0.2) is 59.8 Å². The molecule has 2 rings (SSSR count). The summed E-state index contributed by atoms with van der Waals surface area (Å²) >= 11 is 0. The predicted molar refractivity (Wildman–Crippen MR) is 105 cm³/mol. The van der Waals surface area contributed by atoms with E-state index in [0.29, 0.717) is 0 Å². The highest BCUT2D eigenvalue weighted by molar-refractivity contribution is 6.26. The Balaban J connectivity index is 2.80. The van der Waals surface area contributed by atoms with Gasteiger partial charge in [-0.15, -0.1) is 0 Å². The van der Waals surface area contributed by atoms with Crippen molar-refractivity contribution in [3.8, 4) is 0 Å². The van der Waals surface area contributed by atoms with E-state index in [9.17, 15) is 19.2 Å². The highest BCUT2D eigenvalue weighted by atomic mass is 16.7. The van der Waals surface area contributed by atoms with Crippen LogP contribution in [0.4, 0.5) is 0 Å². The molecule has 0 aromatic carbocycles. The summed E-state index contributed by atoms with van der Waals surface area (Å²) in [4.78, 5) is 52.9. The van der Waals surface area contributed by atoms with Gasteiger partial charge < -0.3 is 14.2 Å². The summed E-state index contributed by atoms with van der Waals surface area (Å²) in [5.74, 6) is -3.16. The van der Waals surface area contributed by atoms with Gasteiger partial charge in [-0.1, -0.05) is 26.3 Å². The minimum absolute atomic E-state index is 0.00580. The number of hydrogen-bond acceptors (Lipinski definition) is 7. The molecule has 2 atom stereocenters. The van der Waals surface area contributed by atoms with Gasteiger partial charge in [-0.25, -0.2) is 0 Å². The van der Waals surface area contributed by atoms with E-state index >= 15 is 0 Å². The maximum absolute atomic E-state index is 13.2. The molecule has 2 heterocycles. The molecule has 0 spiro atoms. The molecule has 0 radical (unpaired) electrons. The molecule has 0 bridgehead atoms. The number of carbonyl (C=O) groups is 4. The molecule has 2 fully saturated rings. The Bertz CT molecular complexity index is 730. The highest BCUT2D eigenvalue weighted by Crippen LogP contribution is 2.43. The quantitative estimate of drug-likeness (QED) is 0.279. The summed E-state index contributed by atoms with van der Waals surface area (Å²) in [6.45, 7) is 20.2. The summed E-state index contributed by atoms with van der Waals surface area (Å²) < 4.78 is 16.6. The van der Waals surface area contributed by atoms with Gasteiger partial charge in [-0.3, -0.25) is 19.2 Å². The van der Waals surface area contributed by atoms with Gasteiger partial charge in [0.25, 0.3) is 0 Å². The van der Waals surface area contributed by atoms with Crippen LogP contribution in [-0.2, 0) is 33.4 Å². The van der Waals surface area contributed by atoms with Crippen molar-refractivity contribution in [2.24, 2.45) is 0 Å². The number of epoxide rings is 2. The van der Waals surface area contributed by atoms with Crippen molar-refractivity contribution in [3.63, 3.8) is 0 Å². The monoisotopic (exact) mass is 402 g/mol. The number of ether oxygens (including phenoxy) is 3. The molecule has 0 aliphatic carbocycles. The van der Waals surface area contributed by atoms with E-state index < -0.39 is 46.5 Å². The fourth-order valence-electron chi connectivity index (χ4n) is 3.20. The van der Waals surface area contributed by atoms with Crippen LogP contribution in [0.2, 0.25) is 0 Å². The molecule has 0 aromatic rings. The molecule has 2 saturated heterocycles. The Morgan fingerprint density at radius 3 is 1.00 bits per heavy atom.